The van der Waals surface area contributed by atoms with Crippen LogP contribution in [-0.2, 0) is 20.1 Å². The van der Waals surface area contributed by atoms with Crippen molar-refractivity contribution in [3.8, 4) is 0 Å². The molecule has 0 aliphatic carbocycles. The Balaban J connectivity index is 1.81. The number of benzene rings is 1. The molecule has 4 rings (SSSR count). The number of rotatable bonds is 7. The van der Waals surface area contributed by atoms with Crippen molar-refractivity contribution < 1.29 is 0 Å². The van der Waals surface area contributed by atoms with Crippen LogP contribution in [0.1, 0.15) is 57.1 Å². The summed E-state index contributed by atoms with van der Waals surface area (Å²) < 4.78 is 4.97. The average Bonchev–Trinajstić information content (AvgIpc) is 3.15. The number of unbranched alkanes of at least 4 members (excludes halogenated alkanes) is 4. The normalized spacial score (nSPS) is 16.0. The Bertz CT molecular complexity index is 1250. The standard InChI is InChI=1S/C25H35N5O2/c1-6-7-8-9-10-13-28-23(31)21-22(27(5)25(28)32)26-24-29(15-17(2)16-30(21)24)20-12-11-18(3)19(4)14-20/h11-12,14,17H,6-10,13,15-16H2,1-5H3/t17-/m0/s1. The molecule has 1 atom stereocenters. The van der Waals surface area contributed by atoms with E-state index in [2.05, 4.69) is 50.8 Å². The van der Waals surface area contributed by atoms with Gasteiger partial charge in [0.25, 0.3) is 5.56 Å². The minimum absolute atomic E-state index is 0.216. The second kappa shape index (κ2) is 8.96. The first-order chi connectivity index (χ1) is 15.3. The largest absolute Gasteiger partial charge is 0.332 e. The van der Waals surface area contributed by atoms with Crippen LogP contribution in [0.5, 0.6) is 0 Å². The molecule has 1 aliphatic rings. The number of fused-ring (bicyclic) bond motifs is 3. The summed E-state index contributed by atoms with van der Waals surface area (Å²) in [5.41, 5.74) is 4.05. The van der Waals surface area contributed by atoms with Gasteiger partial charge < -0.3 is 9.47 Å². The van der Waals surface area contributed by atoms with E-state index in [1.165, 1.54) is 33.1 Å². The number of anilines is 2. The average molecular weight is 438 g/mol. The van der Waals surface area contributed by atoms with Crippen molar-refractivity contribution in [1.82, 2.24) is 18.7 Å². The van der Waals surface area contributed by atoms with E-state index in [-0.39, 0.29) is 11.2 Å². The molecule has 0 amide bonds. The molecule has 1 aliphatic heterocycles. The maximum absolute atomic E-state index is 13.5. The Morgan fingerprint density at radius 1 is 1.03 bits per heavy atom. The van der Waals surface area contributed by atoms with Crippen molar-refractivity contribution in [2.24, 2.45) is 13.0 Å². The third kappa shape index (κ3) is 3.89. The summed E-state index contributed by atoms with van der Waals surface area (Å²) in [7, 11) is 1.72. The Labute approximate surface area is 189 Å². The molecule has 0 bridgehead atoms. The summed E-state index contributed by atoms with van der Waals surface area (Å²) in [4.78, 5) is 33.5. The molecule has 0 unspecified atom stereocenters. The number of imidazole rings is 1. The molecule has 172 valence electrons. The zero-order chi connectivity index (χ0) is 23.0. The van der Waals surface area contributed by atoms with Gasteiger partial charge in [-0.25, -0.2) is 4.79 Å². The number of aryl methyl sites for hydroxylation is 3. The van der Waals surface area contributed by atoms with Gasteiger partial charge in [0, 0.05) is 32.4 Å². The van der Waals surface area contributed by atoms with Crippen molar-refractivity contribution in [2.75, 3.05) is 11.4 Å². The fourth-order valence-electron chi connectivity index (χ4n) is 4.69. The zero-order valence-corrected chi connectivity index (χ0v) is 20.0. The smallest absolute Gasteiger partial charge is 0.312 e. The number of hydrogen-bond acceptors (Lipinski definition) is 4. The molecule has 32 heavy (non-hydrogen) atoms. The lowest BCUT2D eigenvalue weighted by molar-refractivity contribution is 0.457. The van der Waals surface area contributed by atoms with Crippen LogP contribution in [-0.4, -0.2) is 25.2 Å². The molecule has 0 saturated carbocycles. The van der Waals surface area contributed by atoms with E-state index in [4.69, 9.17) is 4.98 Å². The Morgan fingerprint density at radius 2 is 1.78 bits per heavy atom. The number of hydrogen-bond donors (Lipinski definition) is 0. The summed E-state index contributed by atoms with van der Waals surface area (Å²) in [5, 5.41) is 0. The molecule has 3 heterocycles. The minimum Gasteiger partial charge on any atom is -0.312 e. The summed E-state index contributed by atoms with van der Waals surface area (Å²) in [6.07, 6.45) is 5.37. The maximum atomic E-state index is 13.5. The number of nitrogens with zero attached hydrogens (tertiary/aromatic N) is 5. The highest BCUT2D eigenvalue weighted by molar-refractivity contribution is 5.77. The van der Waals surface area contributed by atoms with Gasteiger partial charge in [0.2, 0.25) is 5.95 Å². The van der Waals surface area contributed by atoms with Crippen molar-refractivity contribution in [3.63, 3.8) is 0 Å². The molecule has 0 spiro atoms. The molecule has 1 aromatic carbocycles. The first-order valence-corrected chi connectivity index (χ1v) is 11.9. The second-order valence-electron chi connectivity index (χ2n) is 9.39. The van der Waals surface area contributed by atoms with E-state index in [9.17, 15) is 9.59 Å². The summed E-state index contributed by atoms with van der Waals surface area (Å²) in [5.74, 6) is 1.09. The molecule has 0 fully saturated rings. The zero-order valence-electron chi connectivity index (χ0n) is 20.0. The lowest BCUT2D eigenvalue weighted by atomic mass is 10.1. The van der Waals surface area contributed by atoms with E-state index in [1.807, 2.05) is 4.57 Å². The minimum atomic E-state index is -0.279. The summed E-state index contributed by atoms with van der Waals surface area (Å²) in [6, 6.07) is 6.40. The van der Waals surface area contributed by atoms with Crippen molar-refractivity contribution >= 4 is 22.8 Å². The van der Waals surface area contributed by atoms with Gasteiger partial charge in [-0.2, -0.15) is 4.98 Å². The lowest BCUT2D eigenvalue weighted by Gasteiger charge is -2.33. The van der Waals surface area contributed by atoms with Crippen LogP contribution in [0.4, 0.5) is 11.6 Å². The van der Waals surface area contributed by atoms with Crippen LogP contribution in [0.3, 0.4) is 0 Å². The summed E-state index contributed by atoms with van der Waals surface area (Å²) >= 11 is 0. The Morgan fingerprint density at radius 3 is 2.50 bits per heavy atom. The highest BCUT2D eigenvalue weighted by Gasteiger charge is 2.29. The van der Waals surface area contributed by atoms with Gasteiger partial charge in [0.05, 0.1) is 0 Å². The highest BCUT2D eigenvalue weighted by Crippen LogP contribution is 2.33. The molecule has 0 N–H and O–H groups in total. The Hall–Kier alpha value is -2.83. The first-order valence-electron chi connectivity index (χ1n) is 11.9. The molecular weight excluding hydrogens is 402 g/mol. The SMILES string of the molecule is CCCCCCCn1c(=O)c2c(nc3n2C[C@@H](C)CN3c2ccc(C)c(C)c2)n(C)c1=O. The van der Waals surface area contributed by atoms with Crippen molar-refractivity contribution in [3.05, 3.63) is 50.2 Å². The summed E-state index contributed by atoms with van der Waals surface area (Å²) in [6.45, 7) is 10.6. The first kappa shape index (κ1) is 22.4. The van der Waals surface area contributed by atoms with Gasteiger partial charge in [-0.05, 0) is 49.4 Å². The van der Waals surface area contributed by atoms with Crippen LogP contribution in [0, 0.1) is 19.8 Å². The maximum Gasteiger partial charge on any atom is 0.332 e. The van der Waals surface area contributed by atoms with E-state index in [1.54, 1.807) is 7.05 Å². The van der Waals surface area contributed by atoms with Gasteiger partial charge >= 0.3 is 5.69 Å². The van der Waals surface area contributed by atoms with E-state index in [0.717, 1.165) is 44.0 Å². The van der Waals surface area contributed by atoms with Gasteiger partial charge in [-0.3, -0.25) is 13.9 Å². The lowest BCUT2D eigenvalue weighted by Crippen LogP contribution is -2.40. The number of aromatic nitrogens is 4. The fourth-order valence-corrected chi connectivity index (χ4v) is 4.69. The topological polar surface area (TPSA) is 65.1 Å². The van der Waals surface area contributed by atoms with E-state index < -0.39 is 0 Å². The van der Waals surface area contributed by atoms with Crippen LogP contribution >= 0.6 is 0 Å². The highest BCUT2D eigenvalue weighted by atomic mass is 16.2. The quantitative estimate of drug-likeness (QED) is 0.518. The van der Waals surface area contributed by atoms with Crippen LogP contribution in [0.25, 0.3) is 11.2 Å². The molecular formula is C25H35N5O2. The van der Waals surface area contributed by atoms with Gasteiger partial charge in [0.15, 0.2) is 11.2 Å². The predicted octanol–water partition coefficient (Wildman–Crippen LogP) is 4.27. The molecule has 0 radical (unpaired) electrons. The van der Waals surface area contributed by atoms with E-state index in [0.29, 0.717) is 23.6 Å². The van der Waals surface area contributed by atoms with Crippen LogP contribution < -0.4 is 16.1 Å². The van der Waals surface area contributed by atoms with Gasteiger partial charge in [-0.15, -0.1) is 0 Å². The molecule has 7 nitrogen and oxygen atoms in total. The van der Waals surface area contributed by atoms with Crippen molar-refractivity contribution in [2.45, 2.75) is 72.9 Å². The fraction of sp³-hybridized carbons (Fsp3) is 0.560. The molecule has 0 saturated heterocycles. The molecule has 2 aromatic heterocycles. The van der Waals surface area contributed by atoms with Crippen molar-refractivity contribution in [1.29, 1.82) is 0 Å². The van der Waals surface area contributed by atoms with Crippen LogP contribution in [0.15, 0.2) is 27.8 Å². The van der Waals surface area contributed by atoms with Gasteiger partial charge in [0.1, 0.15) is 0 Å². The van der Waals surface area contributed by atoms with Gasteiger partial charge in [-0.1, -0.05) is 45.6 Å². The molecule has 7 heteroatoms. The van der Waals surface area contributed by atoms with Crippen LogP contribution in [0.2, 0.25) is 0 Å². The second-order valence-corrected chi connectivity index (χ2v) is 9.39. The third-order valence-electron chi connectivity index (χ3n) is 6.73. The third-order valence-corrected chi connectivity index (χ3v) is 6.73. The molecule has 3 aromatic rings. The predicted molar refractivity (Wildman–Crippen MR) is 130 cm³/mol. The monoisotopic (exact) mass is 437 g/mol. The Kier molecular flexibility index (Phi) is 6.26. The van der Waals surface area contributed by atoms with E-state index >= 15 is 0 Å².